The molecule has 1 aromatic carbocycles. The van der Waals surface area contributed by atoms with Crippen LogP contribution in [0.25, 0.3) is 0 Å². The van der Waals surface area contributed by atoms with Crippen LogP contribution in [0, 0.1) is 10.1 Å². The number of nitro groups is 1. The van der Waals surface area contributed by atoms with Crippen LogP contribution in [0.4, 0.5) is 5.69 Å². The number of para-hydroxylation sites is 1. The first-order valence-corrected chi connectivity index (χ1v) is 7.94. The van der Waals surface area contributed by atoms with E-state index in [4.69, 9.17) is 0 Å². The first-order chi connectivity index (χ1) is 9.40. The Hall–Kier alpha value is -1.51. The number of hydrogen-bond donors (Lipinski definition) is 1. The molecule has 0 amide bonds. The molecule has 1 heterocycles. The Labute approximate surface area is 117 Å². The fourth-order valence-corrected chi connectivity index (χ4v) is 3.89. The second-order valence-corrected chi connectivity index (χ2v) is 6.82. The fraction of sp³-hybridized carbons (Fsp3) is 0.500. The number of benzene rings is 1. The third-order valence-corrected chi connectivity index (χ3v) is 5.05. The van der Waals surface area contributed by atoms with E-state index in [0.717, 1.165) is 0 Å². The minimum absolute atomic E-state index is 0.0873. The lowest BCUT2D eigenvalue weighted by atomic mass is 10.2. The van der Waals surface area contributed by atoms with Crippen molar-refractivity contribution in [2.75, 3.05) is 19.6 Å². The van der Waals surface area contributed by atoms with Crippen LogP contribution in [-0.4, -0.2) is 43.3 Å². The number of nitro benzene ring substituents is 1. The highest BCUT2D eigenvalue weighted by Gasteiger charge is 2.29. The lowest BCUT2D eigenvalue weighted by Crippen LogP contribution is -2.51. The Bertz CT molecular complexity index is 602. The number of piperazine rings is 1. The molecule has 1 aromatic rings. The molecule has 0 aliphatic carbocycles. The maximum Gasteiger partial charge on any atom is 0.273 e. The standard InChI is InChI=1S/C12H17N3O4S/c1-10-8-14(7-6-13-10)20(18,19)9-11-4-2-3-5-12(11)15(16)17/h2-5,10,13H,6-9H2,1H3/t10-/m1/s1. The predicted molar refractivity (Wildman–Crippen MR) is 74.8 cm³/mol. The molecule has 0 saturated carbocycles. The highest BCUT2D eigenvalue weighted by Crippen LogP contribution is 2.22. The van der Waals surface area contributed by atoms with Gasteiger partial charge >= 0.3 is 0 Å². The first kappa shape index (κ1) is 14.9. The van der Waals surface area contributed by atoms with Gasteiger partial charge < -0.3 is 5.32 Å². The van der Waals surface area contributed by atoms with Crippen molar-refractivity contribution in [3.05, 3.63) is 39.9 Å². The summed E-state index contributed by atoms with van der Waals surface area (Å²) in [4.78, 5) is 10.4. The smallest absolute Gasteiger partial charge is 0.273 e. The Kier molecular flexibility index (Phi) is 4.36. The van der Waals surface area contributed by atoms with Crippen molar-refractivity contribution in [3.63, 3.8) is 0 Å². The summed E-state index contributed by atoms with van der Waals surface area (Å²) in [6, 6.07) is 6.04. The van der Waals surface area contributed by atoms with E-state index in [2.05, 4.69) is 5.32 Å². The van der Waals surface area contributed by atoms with E-state index in [1.54, 1.807) is 6.07 Å². The minimum Gasteiger partial charge on any atom is -0.312 e. The second kappa shape index (κ2) is 5.86. The molecule has 1 atom stereocenters. The molecule has 0 unspecified atom stereocenters. The van der Waals surface area contributed by atoms with Crippen molar-refractivity contribution in [1.29, 1.82) is 0 Å². The molecule has 1 fully saturated rings. The van der Waals surface area contributed by atoms with Crippen molar-refractivity contribution < 1.29 is 13.3 Å². The average Bonchev–Trinajstić information content (AvgIpc) is 2.38. The Balaban J connectivity index is 2.22. The van der Waals surface area contributed by atoms with Gasteiger partial charge in [0.1, 0.15) is 0 Å². The summed E-state index contributed by atoms with van der Waals surface area (Å²) < 4.78 is 26.1. The van der Waals surface area contributed by atoms with Crippen LogP contribution in [0.1, 0.15) is 12.5 Å². The molecule has 1 N–H and O–H groups in total. The average molecular weight is 299 g/mol. The molecular formula is C12H17N3O4S. The summed E-state index contributed by atoms with van der Waals surface area (Å²) in [7, 11) is -3.54. The fourth-order valence-electron chi connectivity index (χ4n) is 2.25. The zero-order valence-corrected chi connectivity index (χ0v) is 12.0. The van der Waals surface area contributed by atoms with Crippen LogP contribution in [0.5, 0.6) is 0 Å². The molecule has 7 nitrogen and oxygen atoms in total. The highest BCUT2D eigenvalue weighted by molar-refractivity contribution is 7.88. The molecule has 0 spiro atoms. The van der Waals surface area contributed by atoms with Gasteiger partial charge in [-0.3, -0.25) is 10.1 Å². The summed E-state index contributed by atoms with van der Waals surface area (Å²) in [5.41, 5.74) is 0.0722. The third-order valence-electron chi connectivity index (χ3n) is 3.25. The number of hydrogen-bond acceptors (Lipinski definition) is 5. The Morgan fingerprint density at radius 3 is 2.80 bits per heavy atom. The summed E-state index contributed by atoms with van der Waals surface area (Å²) in [5.74, 6) is -0.336. The summed E-state index contributed by atoms with van der Waals surface area (Å²) in [5, 5.41) is 14.1. The lowest BCUT2D eigenvalue weighted by Gasteiger charge is -2.30. The van der Waals surface area contributed by atoms with Gasteiger partial charge in [-0.25, -0.2) is 8.42 Å². The summed E-state index contributed by atoms with van der Waals surface area (Å²) in [6.07, 6.45) is 0. The maximum atomic E-state index is 12.4. The molecule has 0 aromatic heterocycles. The van der Waals surface area contributed by atoms with Crippen LogP contribution in [0.2, 0.25) is 0 Å². The van der Waals surface area contributed by atoms with Gasteiger partial charge in [0.05, 0.1) is 10.7 Å². The molecule has 1 aliphatic rings. The van der Waals surface area contributed by atoms with E-state index < -0.39 is 14.9 Å². The SMILES string of the molecule is C[C@@H]1CN(S(=O)(=O)Cc2ccccc2[N+](=O)[O-])CCN1. The number of rotatable bonds is 4. The van der Waals surface area contributed by atoms with E-state index in [1.807, 2.05) is 6.92 Å². The molecule has 20 heavy (non-hydrogen) atoms. The van der Waals surface area contributed by atoms with Crippen LogP contribution in [-0.2, 0) is 15.8 Å². The van der Waals surface area contributed by atoms with E-state index in [-0.39, 0.29) is 23.0 Å². The largest absolute Gasteiger partial charge is 0.312 e. The van der Waals surface area contributed by atoms with Gasteiger partial charge in [0.25, 0.3) is 5.69 Å². The topological polar surface area (TPSA) is 92.5 Å². The van der Waals surface area contributed by atoms with Crippen molar-refractivity contribution in [3.8, 4) is 0 Å². The Morgan fingerprint density at radius 1 is 1.45 bits per heavy atom. The summed E-state index contributed by atoms with van der Waals surface area (Å²) >= 11 is 0. The Morgan fingerprint density at radius 2 is 2.15 bits per heavy atom. The quantitative estimate of drug-likeness (QED) is 0.653. The van der Waals surface area contributed by atoms with Crippen LogP contribution < -0.4 is 5.32 Å². The molecule has 1 saturated heterocycles. The van der Waals surface area contributed by atoms with E-state index in [9.17, 15) is 18.5 Å². The van der Waals surface area contributed by atoms with Crippen LogP contribution >= 0.6 is 0 Å². The molecular weight excluding hydrogens is 282 g/mol. The molecule has 8 heteroatoms. The molecule has 0 radical (unpaired) electrons. The van der Waals surface area contributed by atoms with Gasteiger partial charge in [0, 0.05) is 37.3 Å². The number of nitrogens with zero attached hydrogens (tertiary/aromatic N) is 2. The molecule has 0 bridgehead atoms. The molecule has 1 aliphatic heterocycles. The van der Waals surface area contributed by atoms with E-state index in [0.29, 0.717) is 19.6 Å². The minimum atomic E-state index is -3.54. The monoisotopic (exact) mass is 299 g/mol. The van der Waals surface area contributed by atoms with Gasteiger partial charge in [-0.1, -0.05) is 18.2 Å². The number of sulfonamides is 1. The zero-order valence-electron chi connectivity index (χ0n) is 11.2. The van der Waals surface area contributed by atoms with Crippen molar-refractivity contribution in [1.82, 2.24) is 9.62 Å². The van der Waals surface area contributed by atoms with Gasteiger partial charge in [-0.15, -0.1) is 0 Å². The second-order valence-electron chi connectivity index (χ2n) is 4.86. The van der Waals surface area contributed by atoms with Crippen LogP contribution in [0.15, 0.2) is 24.3 Å². The maximum absolute atomic E-state index is 12.4. The number of nitrogens with one attached hydrogen (secondary N) is 1. The van der Waals surface area contributed by atoms with Gasteiger partial charge in [0.2, 0.25) is 10.0 Å². The first-order valence-electron chi connectivity index (χ1n) is 6.33. The van der Waals surface area contributed by atoms with E-state index >= 15 is 0 Å². The molecule has 110 valence electrons. The van der Waals surface area contributed by atoms with Gasteiger partial charge in [-0.2, -0.15) is 4.31 Å². The van der Waals surface area contributed by atoms with Gasteiger partial charge in [0.15, 0.2) is 0 Å². The van der Waals surface area contributed by atoms with Gasteiger partial charge in [-0.05, 0) is 6.92 Å². The molecule has 2 rings (SSSR count). The highest BCUT2D eigenvalue weighted by atomic mass is 32.2. The summed E-state index contributed by atoms with van der Waals surface area (Å²) in [6.45, 7) is 3.29. The van der Waals surface area contributed by atoms with Crippen molar-refractivity contribution in [2.24, 2.45) is 0 Å². The zero-order chi connectivity index (χ0) is 14.8. The lowest BCUT2D eigenvalue weighted by molar-refractivity contribution is -0.385. The third kappa shape index (κ3) is 3.33. The van der Waals surface area contributed by atoms with Crippen LogP contribution in [0.3, 0.4) is 0 Å². The van der Waals surface area contributed by atoms with Crippen molar-refractivity contribution >= 4 is 15.7 Å². The predicted octanol–water partition coefficient (Wildman–Crippen LogP) is 0.718. The van der Waals surface area contributed by atoms with Crippen molar-refractivity contribution in [2.45, 2.75) is 18.7 Å². The van der Waals surface area contributed by atoms with E-state index in [1.165, 1.54) is 22.5 Å². The normalized spacial score (nSPS) is 20.8.